The van der Waals surface area contributed by atoms with E-state index in [1.165, 1.54) is 11.8 Å². The quantitative estimate of drug-likeness (QED) is 0.286. The maximum absolute atomic E-state index is 13.9. The third-order valence-electron chi connectivity index (χ3n) is 7.23. The largest absolute Gasteiger partial charge is 0.353 e. The number of thioether (sulfide) groups is 1. The van der Waals surface area contributed by atoms with Crippen LogP contribution in [-0.2, 0) is 11.3 Å². The summed E-state index contributed by atoms with van der Waals surface area (Å²) in [5.74, 6) is 0.864. The summed E-state index contributed by atoms with van der Waals surface area (Å²) >= 11 is 1.46. The van der Waals surface area contributed by atoms with Crippen molar-refractivity contribution in [2.45, 2.75) is 18.4 Å². The summed E-state index contributed by atoms with van der Waals surface area (Å²) in [5.41, 5.74) is 4.55. The van der Waals surface area contributed by atoms with Crippen molar-refractivity contribution in [3.05, 3.63) is 124 Å². The standard InChI is InChI=1S/C33H30N4O2S/c1-24-8-7-11-26(20-24)23-37-28-22-27(32(38)36-18-16-35(17-19-36)31-12-5-6-15-34-31)13-14-29(28)40-30(33(37)39)21-25-9-3-2-4-10-25/h2-15,20-22H,16-19,23H2,1H3. The fraction of sp³-hybridized carbons (Fsp3) is 0.182. The molecule has 0 unspecified atom stereocenters. The van der Waals surface area contributed by atoms with Gasteiger partial charge in [0, 0.05) is 42.8 Å². The molecule has 2 aliphatic rings. The summed E-state index contributed by atoms with van der Waals surface area (Å²) in [6.45, 7) is 5.19. The van der Waals surface area contributed by atoms with Crippen molar-refractivity contribution in [1.29, 1.82) is 0 Å². The number of anilines is 2. The van der Waals surface area contributed by atoms with Crippen LogP contribution in [0.1, 0.15) is 27.0 Å². The molecule has 0 radical (unpaired) electrons. The third kappa shape index (κ3) is 5.51. The van der Waals surface area contributed by atoms with Crippen molar-refractivity contribution < 1.29 is 9.59 Å². The number of hydrogen-bond donors (Lipinski definition) is 0. The Morgan fingerprint density at radius 2 is 1.70 bits per heavy atom. The highest BCUT2D eigenvalue weighted by molar-refractivity contribution is 8.04. The highest BCUT2D eigenvalue weighted by Crippen LogP contribution is 2.43. The zero-order chi connectivity index (χ0) is 27.5. The number of hydrogen-bond acceptors (Lipinski definition) is 5. The predicted octanol–water partition coefficient (Wildman–Crippen LogP) is 6.03. The molecule has 40 heavy (non-hydrogen) atoms. The molecule has 3 heterocycles. The second-order valence-electron chi connectivity index (χ2n) is 10.1. The normalized spacial score (nSPS) is 16.3. The maximum Gasteiger partial charge on any atom is 0.265 e. The van der Waals surface area contributed by atoms with Crippen molar-refractivity contribution in [3.8, 4) is 0 Å². The van der Waals surface area contributed by atoms with E-state index >= 15 is 0 Å². The average molecular weight is 547 g/mol. The van der Waals surface area contributed by atoms with Gasteiger partial charge in [-0.25, -0.2) is 4.98 Å². The molecule has 0 spiro atoms. The molecule has 6 nitrogen and oxygen atoms in total. The zero-order valence-electron chi connectivity index (χ0n) is 22.4. The van der Waals surface area contributed by atoms with Crippen LogP contribution in [0.3, 0.4) is 0 Å². The minimum atomic E-state index is -0.0589. The van der Waals surface area contributed by atoms with Gasteiger partial charge in [0.1, 0.15) is 5.82 Å². The Hall–Kier alpha value is -4.36. The van der Waals surface area contributed by atoms with Crippen LogP contribution in [0.5, 0.6) is 0 Å². The van der Waals surface area contributed by atoms with Gasteiger partial charge in [-0.3, -0.25) is 9.59 Å². The van der Waals surface area contributed by atoms with Gasteiger partial charge in [-0.2, -0.15) is 0 Å². The van der Waals surface area contributed by atoms with Gasteiger partial charge in [0.25, 0.3) is 11.8 Å². The molecular weight excluding hydrogens is 516 g/mol. The van der Waals surface area contributed by atoms with Crippen LogP contribution in [0.25, 0.3) is 6.08 Å². The van der Waals surface area contributed by atoms with E-state index in [0.717, 1.165) is 46.2 Å². The number of aryl methyl sites for hydroxylation is 1. The number of carbonyl (C=O) groups is 2. The van der Waals surface area contributed by atoms with Crippen LogP contribution >= 0.6 is 11.8 Å². The average Bonchev–Trinajstić information content (AvgIpc) is 3.00. The first-order valence-electron chi connectivity index (χ1n) is 13.5. The monoisotopic (exact) mass is 546 g/mol. The number of rotatable bonds is 5. The van der Waals surface area contributed by atoms with E-state index in [4.69, 9.17) is 0 Å². The number of carbonyl (C=O) groups excluding carboxylic acids is 2. The molecule has 1 fully saturated rings. The minimum absolute atomic E-state index is 0.0120. The third-order valence-corrected chi connectivity index (χ3v) is 8.31. The number of piperazine rings is 1. The van der Waals surface area contributed by atoms with E-state index < -0.39 is 0 Å². The first-order valence-corrected chi connectivity index (χ1v) is 14.3. The lowest BCUT2D eigenvalue weighted by molar-refractivity contribution is -0.114. The fourth-order valence-corrected chi connectivity index (χ4v) is 6.20. The Bertz CT molecular complexity index is 1560. The smallest absolute Gasteiger partial charge is 0.265 e. The van der Waals surface area contributed by atoms with Crippen molar-refractivity contribution in [2.75, 3.05) is 36.0 Å². The Labute approximate surface area is 238 Å². The number of benzene rings is 3. The second-order valence-corrected chi connectivity index (χ2v) is 11.1. The molecule has 3 aromatic carbocycles. The maximum atomic E-state index is 13.9. The fourth-order valence-electron chi connectivity index (χ4n) is 5.16. The molecule has 0 atom stereocenters. The van der Waals surface area contributed by atoms with E-state index in [-0.39, 0.29) is 11.8 Å². The number of nitrogens with zero attached hydrogens (tertiary/aromatic N) is 4. The number of pyridine rings is 1. The van der Waals surface area contributed by atoms with Crippen molar-refractivity contribution in [2.24, 2.45) is 0 Å². The lowest BCUT2D eigenvalue weighted by Crippen LogP contribution is -2.49. The van der Waals surface area contributed by atoms with E-state index in [9.17, 15) is 9.59 Å². The summed E-state index contributed by atoms with van der Waals surface area (Å²) in [5, 5.41) is 0. The van der Waals surface area contributed by atoms with Gasteiger partial charge in [-0.1, -0.05) is 78.0 Å². The number of fused-ring (bicyclic) bond motifs is 1. The summed E-state index contributed by atoms with van der Waals surface area (Å²) in [6.07, 6.45) is 3.74. The molecule has 1 aromatic heterocycles. The molecule has 200 valence electrons. The van der Waals surface area contributed by atoms with E-state index in [1.54, 1.807) is 6.20 Å². The van der Waals surface area contributed by atoms with Crippen LogP contribution < -0.4 is 9.80 Å². The van der Waals surface area contributed by atoms with Gasteiger partial charge in [0.05, 0.1) is 17.1 Å². The van der Waals surface area contributed by atoms with Crippen LogP contribution in [0, 0.1) is 6.92 Å². The molecule has 1 saturated heterocycles. The molecule has 7 heteroatoms. The lowest BCUT2D eigenvalue weighted by atomic mass is 10.1. The molecular formula is C33H30N4O2S. The van der Waals surface area contributed by atoms with Gasteiger partial charge in [0.2, 0.25) is 0 Å². The van der Waals surface area contributed by atoms with Gasteiger partial charge < -0.3 is 14.7 Å². The lowest BCUT2D eigenvalue weighted by Gasteiger charge is -2.36. The SMILES string of the molecule is Cc1cccc(CN2C(=O)C(=Cc3ccccc3)Sc3ccc(C(=O)N4CCN(c5ccccn5)CC4)cc32)c1. The number of amides is 2. The summed E-state index contributed by atoms with van der Waals surface area (Å²) in [7, 11) is 0. The van der Waals surface area contributed by atoms with E-state index in [0.29, 0.717) is 30.1 Å². The van der Waals surface area contributed by atoms with Crippen molar-refractivity contribution in [1.82, 2.24) is 9.88 Å². The predicted molar refractivity (Wildman–Crippen MR) is 161 cm³/mol. The molecule has 0 N–H and O–H groups in total. The number of aromatic nitrogens is 1. The van der Waals surface area contributed by atoms with Gasteiger partial charge in [0.15, 0.2) is 0 Å². The second kappa shape index (κ2) is 11.4. The molecule has 0 aliphatic carbocycles. The van der Waals surface area contributed by atoms with Crippen LogP contribution in [-0.4, -0.2) is 47.9 Å². The highest BCUT2D eigenvalue weighted by Gasteiger charge is 2.31. The van der Waals surface area contributed by atoms with Crippen molar-refractivity contribution >= 4 is 41.2 Å². The van der Waals surface area contributed by atoms with Gasteiger partial charge in [-0.05, 0) is 54.5 Å². The Kier molecular flexibility index (Phi) is 7.38. The first-order chi connectivity index (χ1) is 19.5. The summed E-state index contributed by atoms with van der Waals surface area (Å²) in [4.78, 5) is 39.4. The minimum Gasteiger partial charge on any atom is -0.353 e. The Morgan fingerprint density at radius 1 is 0.900 bits per heavy atom. The molecule has 0 saturated carbocycles. The Morgan fingerprint density at radius 3 is 2.45 bits per heavy atom. The molecule has 2 amide bonds. The first kappa shape index (κ1) is 25.9. The topological polar surface area (TPSA) is 56.8 Å². The van der Waals surface area contributed by atoms with Gasteiger partial charge in [-0.15, -0.1) is 0 Å². The van der Waals surface area contributed by atoms with E-state index in [2.05, 4.69) is 28.9 Å². The van der Waals surface area contributed by atoms with Crippen LogP contribution in [0.2, 0.25) is 0 Å². The molecule has 6 rings (SSSR count). The molecule has 4 aromatic rings. The molecule has 0 bridgehead atoms. The van der Waals surface area contributed by atoms with Crippen LogP contribution in [0.15, 0.2) is 107 Å². The highest BCUT2D eigenvalue weighted by atomic mass is 32.2. The summed E-state index contributed by atoms with van der Waals surface area (Å²) < 4.78 is 0. The Balaban J connectivity index is 1.28. The summed E-state index contributed by atoms with van der Waals surface area (Å²) in [6, 6.07) is 29.8. The van der Waals surface area contributed by atoms with E-state index in [1.807, 2.05) is 94.7 Å². The zero-order valence-corrected chi connectivity index (χ0v) is 23.2. The van der Waals surface area contributed by atoms with Crippen molar-refractivity contribution in [3.63, 3.8) is 0 Å². The van der Waals surface area contributed by atoms with Gasteiger partial charge >= 0.3 is 0 Å². The van der Waals surface area contributed by atoms with Crippen LogP contribution in [0.4, 0.5) is 11.5 Å². The molecule has 2 aliphatic heterocycles.